The summed E-state index contributed by atoms with van der Waals surface area (Å²) in [6.45, 7) is 7.74. The second-order valence-corrected chi connectivity index (χ2v) is 9.44. The van der Waals surface area contributed by atoms with E-state index in [1.807, 2.05) is 81.4 Å². The predicted molar refractivity (Wildman–Crippen MR) is 132 cm³/mol. The Morgan fingerprint density at radius 2 is 1.64 bits per heavy atom. The van der Waals surface area contributed by atoms with Gasteiger partial charge in [0, 0.05) is 32.9 Å². The molecule has 0 unspecified atom stereocenters. The summed E-state index contributed by atoms with van der Waals surface area (Å²) in [7, 11) is 3.88. The van der Waals surface area contributed by atoms with Crippen molar-refractivity contribution in [3.05, 3.63) is 59.8 Å². The Bertz CT molecular complexity index is 1060. The van der Waals surface area contributed by atoms with Crippen LogP contribution in [0.4, 0.5) is 11.4 Å². The zero-order valence-corrected chi connectivity index (χ0v) is 20.2. The zero-order chi connectivity index (χ0) is 23.7. The van der Waals surface area contributed by atoms with Gasteiger partial charge in [0.05, 0.1) is 17.4 Å². The molecule has 0 radical (unpaired) electrons. The smallest absolute Gasteiger partial charge is 0.282 e. The Morgan fingerprint density at radius 1 is 0.970 bits per heavy atom. The second kappa shape index (κ2) is 9.30. The topological polar surface area (TPSA) is 53.1 Å². The predicted octanol–water partition coefficient (Wildman–Crippen LogP) is 4.56. The van der Waals surface area contributed by atoms with Crippen LogP contribution in [0.2, 0.25) is 0 Å². The number of carbonyl (C=O) groups excluding carboxylic acids is 2. The van der Waals surface area contributed by atoms with Gasteiger partial charge in [-0.15, -0.1) is 0 Å². The highest BCUT2D eigenvalue weighted by Gasteiger charge is 2.43. The van der Waals surface area contributed by atoms with E-state index in [0.717, 1.165) is 42.9 Å². The molecule has 0 aliphatic carbocycles. The maximum absolute atomic E-state index is 13.8. The summed E-state index contributed by atoms with van der Waals surface area (Å²) in [5.41, 5.74) is 3.25. The standard InChI is InChI=1S/C27H33N3O3/c1-18(2)33-23-11-9-20(10-12-23)24-25(29-15-13-19(3)14-16-29)27(32)30(26(24)31)22-8-6-7-21(17-22)28(4)5/h6-12,17-19H,13-16H2,1-5H3. The minimum absolute atomic E-state index is 0.0649. The quantitative estimate of drug-likeness (QED) is 0.608. The summed E-state index contributed by atoms with van der Waals surface area (Å²) < 4.78 is 5.77. The van der Waals surface area contributed by atoms with Crippen LogP contribution in [0.15, 0.2) is 54.2 Å². The van der Waals surface area contributed by atoms with Crippen LogP contribution in [0.3, 0.4) is 0 Å². The molecule has 2 heterocycles. The van der Waals surface area contributed by atoms with Gasteiger partial charge in [-0.3, -0.25) is 9.59 Å². The van der Waals surface area contributed by atoms with E-state index in [1.54, 1.807) is 0 Å². The molecular weight excluding hydrogens is 414 g/mol. The number of imide groups is 1. The van der Waals surface area contributed by atoms with Crippen LogP contribution in [-0.4, -0.2) is 50.0 Å². The average Bonchev–Trinajstić information content (AvgIpc) is 3.04. The van der Waals surface area contributed by atoms with Crippen LogP contribution < -0.4 is 14.5 Å². The highest BCUT2D eigenvalue weighted by Crippen LogP contribution is 2.37. The van der Waals surface area contributed by atoms with Gasteiger partial charge >= 0.3 is 0 Å². The third-order valence-electron chi connectivity index (χ3n) is 6.28. The van der Waals surface area contributed by atoms with E-state index in [2.05, 4.69) is 11.8 Å². The minimum Gasteiger partial charge on any atom is -0.491 e. The van der Waals surface area contributed by atoms with Crippen LogP contribution >= 0.6 is 0 Å². The monoisotopic (exact) mass is 447 g/mol. The van der Waals surface area contributed by atoms with Crippen molar-refractivity contribution >= 4 is 28.8 Å². The van der Waals surface area contributed by atoms with Gasteiger partial charge in [0.15, 0.2) is 0 Å². The second-order valence-electron chi connectivity index (χ2n) is 9.44. The van der Waals surface area contributed by atoms with Gasteiger partial charge < -0.3 is 14.5 Å². The molecule has 2 aliphatic rings. The van der Waals surface area contributed by atoms with Crippen LogP contribution in [0.1, 0.15) is 39.2 Å². The summed E-state index contributed by atoms with van der Waals surface area (Å²) in [6, 6.07) is 15.0. The van der Waals surface area contributed by atoms with E-state index in [9.17, 15) is 9.59 Å². The summed E-state index contributed by atoms with van der Waals surface area (Å²) in [4.78, 5) is 32.9. The van der Waals surface area contributed by atoms with Gasteiger partial charge in [-0.05, 0) is 68.5 Å². The molecule has 2 amide bonds. The molecule has 0 saturated carbocycles. The first kappa shape index (κ1) is 22.9. The first-order chi connectivity index (χ1) is 15.8. The molecule has 0 N–H and O–H groups in total. The van der Waals surface area contributed by atoms with E-state index in [4.69, 9.17) is 4.74 Å². The average molecular weight is 448 g/mol. The highest BCUT2D eigenvalue weighted by molar-refractivity contribution is 6.45. The molecule has 2 aromatic carbocycles. The lowest BCUT2D eigenvalue weighted by atomic mass is 9.97. The summed E-state index contributed by atoms with van der Waals surface area (Å²) in [5, 5.41) is 0. The van der Waals surface area contributed by atoms with Crippen LogP contribution in [0, 0.1) is 5.92 Å². The van der Waals surface area contributed by atoms with Gasteiger partial charge in [-0.2, -0.15) is 0 Å². The Kier molecular flexibility index (Phi) is 6.45. The third-order valence-corrected chi connectivity index (χ3v) is 6.28. The Hall–Kier alpha value is -3.28. The molecule has 6 nitrogen and oxygen atoms in total. The van der Waals surface area contributed by atoms with Crippen molar-refractivity contribution in [2.24, 2.45) is 5.92 Å². The Morgan fingerprint density at radius 3 is 2.24 bits per heavy atom. The summed E-state index contributed by atoms with van der Waals surface area (Å²) in [6.07, 6.45) is 2.08. The number of carbonyl (C=O) groups is 2. The molecule has 6 heteroatoms. The van der Waals surface area contributed by atoms with E-state index in [1.165, 1.54) is 4.90 Å². The lowest BCUT2D eigenvalue weighted by Gasteiger charge is -2.32. The SMILES string of the molecule is CC1CCN(C2=C(c3ccc(OC(C)C)cc3)C(=O)N(c3cccc(N(C)C)c3)C2=O)CC1. The van der Waals surface area contributed by atoms with Crippen molar-refractivity contribution in [2.75, 3.05) is 37.0 Å². The fraction of sp³-hybridized carbons (Fsp3) is 0.407. The number of hydrogen-bond donors (Lipinski definition) is 0. The van der Waals surface area contributed by atoms with Crippen molar-refractivity contribution in [1.29, 1.82) is 0 Å². The van der Waals surface area contributed by atoms with Gasteiger partial charge in [0.1, 0.15) is 11.4 Å². The summed E-state index contributed by atoms with van der Waals surface area (Å²) >= 11 is 0. The van der Waals surface area contributed by atoms with Gasteiger partial charge in [-0.1, -0.05) is 25.1 Å². The molecule has 2 aromatic rings. The molecule has 33 heavy (non-hydrogen) atoms. The molecule has 0 atom stereocenters. The van der Waals surface area contributed by atoms with Crippen LogP contribution in [0.25, 0.3) is 5.57 Å². The number of amides is 2. The third kappa shape index (κ3) is 4.61. The van der Waals surface area contributed by atoms with Gasteiger partial charge in [0.2, 0.25) is 0 Å². The molecular formula is C27H33N3O3. The minimum atomic E-state index is -0.276. The summed E-state index contributed by atoms with van der Waals surface area (Å²) in [5.74, 6) is 0.845. The Labute approximate surface area is 196 Å². The maximum Gasteiger partial charge on any atom is 0.282 e. The van der Waals surface area contributed by atoms with Crippen molar-refractivity contribution in [2.45, 2.75) is 39.7 Å². The van der Waals surface area contributed by atoms with Crippen LogP contribution in [-0.2, 0) is 9.59 Å². The fourth-order valence-corrected chi connectivity index (χ4v) is 4.42. The molecule has 0 aromatic heterocycles. The number of likely N-dealkylation sites (tertiary alicyclic amines) is 1. The van der Waals surface area contributed by atoms with Crippen molar-refractivity contribution in [3.8, 4) is 5.75 Å². The number of piperidine rings is 1. The molecule has 174 valence electrons. The largest absolute Gasteiger partial charge is 0.491 e. The maximum atomic E-state index is 13.8. The number of hydrogen-bond acceptors (Lipinski definition) is 5. The van der Waals surface area contributed by atoms with Crippen LogP contribution in [0.5, 0.6) is 5.75 Å². The van der Waals surface area contributed by atoms with Gasteiger partial charge in [-0.25, -0.2) is 4.90 Å². The first-order valence-corrected chi connectivity index (χ1v) is 11.7. The lowest BCUT2D eigenvalue weighted by molar-refractivity contribution is -0.120. The molecule has 1 saturated heterocycles. The zero-order valence-electron chi connectivity index (χ0n) is 20.2. The number of benzene rings is 2. The van der Waals surface area contributed by atoms with E-state index >= 15 is 0 Å². The van der Waals surface area contributed by atoms with Crippen molar-refractivity contribution < 1.29 is 14.3 Å². The molecule has 0 bridgehead atoms. The van der Waals surface area contributed by atoms with Crippen molar-refractivity contribution in [3.63, 3.8) is 0 Å². The van der Waals surface area contributed by atoms with Gasteiger partial charge in [0.25, 0.3) is 11.8 Å². The molecule has 0 spiro atoms. The lowest BCUT2D eigenvalue weighted by Crippen LogP contribution is -2.38. The first-order valence-electron chi connectivity index (χ1n) is 11.7. The molecule has 4 rings (SSSR count). The molecule has 2 aliphatic heterocycles. The Balaban J connectivity index is 1.76. The molecule has 1 fully saturated rings. The van der Waals surface area contributed by atoms with Crippen molar-refractivity contribution in [1.82, 2.24) is 4.90 Å². The van der Waals surface area contributed by atoms with E-state index in [0.29, 0.717) is 22.9 Å². The number of nitrogens with zero attached hydrogens (tertiary/aromatic N) is 3. The fourth-order valence-electron chi connectivity index (χ4n) is 4.42. The number of ether oxygens (including phenoxy) is 1. The number of anilines is 2. The van der Waals surface area contributed by atoms with E-state index < -0.39 is 0 Å². The normalized spacial score (nSPS) is 17.4. The number of rotatable bonds is 6. The van der Waals surface area contributed by atoms with E-state index in [-0.39, 0.29) is 17.9 Å². The highest BCUT2D eigenvalue weighted by atomic mass is 16.5.